The van der Waals surface area contributed by atoms with Crippen LogP contribution >= 0.6 is 24.0 Å². The number of carbonyl (C=O) groups is 1. The van der Waals surface area contributed by atoms with Crippen LogP contribution < -0.4 is 0 Å². The molecule has 1 saturated heterocycles. The van der Waals surface area contributed by atoms with E-state index >= 15 is 0 Å². The van der Waals surface area contributed by atoms with Crippen LogP contribution in [0.4, 0.5) is 0 Å². The molecule has 0 N–H and O–H groups in total. The van der Waals surface area contributed by atoms with Crippen molar-refractivity contribution in [3.63, 3.8) is 0 Å². The second-order valence-corrected chi connectivity index (χ2v) is 6.28. The molecule has 2 rings (SSSR count). The highest BCUT2D eigenvalue weighted by molar-refractivity contribution is 8.26. The van der Waals surface area contributed by atoms with Crippen LogP contribution in [0.5, 0.6) is 0 Å². The van der Waals surface area contributed by atoms with Crippen molar-refractivity contribution in [3.8, 4) is 0 Å². The fraction of sp³-hybridized carbons (Fsp3) is 0.333. The summed E-state index contributed by atoms with van der Waals surface area (Å²) in [5.41, 5.74) is 2.24. The van der Waals surface area contributed by atoms with Crippen molar-refractivity contribution in [2.75, 3.05) is 6.54 Å². The number of carbonyl (C=O) groups excluding carboxylic acids is 1. The molecule has 0 radical (unpaired) electrons. The Morgan fingerprint density at radius 3 is 2.89 bits per heavy atom. The SMILES string of the molecule is CCCCN1C(=O)/C(=C\c2cccc(C)c2)SC1=S. The second-order valence-electron chi connectivity index (χ2n) is 4.60. The number of thiocarbonyl (C=S) groups is 1. The van der Waals surface area contributed by atoms with Crippen LogP contribution in [0.3, 0.4) is 0 Å². The Morgan fingerprint density at radius 1 is 1.42 bits per heavy atom. The largest absolute Gasteiger partial charge is 0.293 e. The lowest BCUT2D eigenvalue weighted by atomic mass is 10.1. The van der Waals surface area contributed by atoms with Crippen LogP contribution in [0, 0.1) is 6.92 Å². The van der Waals surface area contributed by atoms with Gasteiger partial charge in [-0.05, 0) is 25.0 Å². The molecule has 0 saturated carbocycles. The highest BCUT2D eigenvalue weighted by atomic mass is 32.2. The van der Waals surface area contributed by atoms with E-state index in [1.54, 1.807) is 4.90 Å². The molecule has 1 aromatic rings. The van der Waals surface area contributed by atoms with E-state index in [2.05, 4.69) is 13.0 Å². The molecule has 0 unspecified atom stereocenters. The van der Waals surface area contributed by atoms with E-state index in [4.69, 9.17) is 12.2 Å². The van der Waals surface area contributed by atoms with Crippen LogP contribution in [0.15, 0.2) is 29.2 Å². The van der Waals surface area contributed by atoms with Crippen molar-refractivity contribution in [2.24, 2.45) is 0 Å². The lowest BCUT2D eigenvalue weighted by Crippen LogP contribution is -2.28. The van der Waals surface area contributed by atoms with E-state index in [0.29, 0.717) is 4.32 Å². The Kier molecular flexibility index (Phi) is 4.77. The number of hydrogen-bond acceptors (Lipinski definition) is 3. The quantitative estimate of drug-likeness (QED) is 0.618. The molecule has 1 aromatic carbocycles. The molecule has 0 aromatic heterocycles. The van der Waals surface area contributed by atoms with Gasteiger partial charge in [0.2, 0.25) is 0 Å². The number of hydrogen-bond donors (Lipinski definition) is 0. The minimum Gasteiger partial charge on any atom is -0.293 e. The summed E-state index contributed by atoms with van der Waals surface area (Å²) < 4.78 is 0.678. The summed E-state index contributed by atoms with van der Waals surface area (Å²) in [5.74, 6) is 0.0463. The molecule has 0 atom stereocenters. The molecule has 0 spiro atoms. The van der Waals surface area contributed by atoms with Gasteiger partial charge in [0.05, 0.1) is 4.91 Å². The summed E-state index contributed by atoms with van der Waals surface area (Å²) in [4.78, 5) is 14.7. The maximum absolute atomic E-state index is 12.3. The molecular formula is C15H17NOS2. The van der Waals surface area contributed by atoms with Crippen LogP contribution in [-0.4, -0.2) is 21.7 Å². The molecule has 1 fully saturated rings. The van der Waals surface area contributed by atoms with Crippen LogP contribution in [-0.2, 0) is 4.79 Å². The van der Waals surface area contributed by atoms with Crippen molar-refractivity contribution >= 4 is 40.3 Å². The number of aryl methyl sites for hydroxylation is 1. The Balaban J connectivity index is 2.18. The van der Waals surface area contributed by atoms with Crippen molar-refractivity contribution in [1.82, 2.24) is 4.90 Å². The van der Waals surface area contributed by atoms with Crippen molar-refractivity contribution in [1.29, 1.82) is 0 Å². The summed E-state index contributed by atoms with van der Waals surface area (Å²) >= 11 is 6.68. The Hall–Kier alpha value is -1.13. The number of thioether (sulfide) groups is 1. The van der Waals surface area contributed by atoms with E-state index in [-0.39, 0.29) is 5.91 Å². The van der Waals surface area contributed by atoms with E-state index in [9.17, 15) is 4.79 Å². The maximum Gasteiger partial charge on any atom is 0.266 e. The molecule has 1 heterocycles. The van der Waals surface area contributed by atoms with E-state index in [1.807, 2.05) is 31.2 Å². The zero-order valence-electron chi connectivity index (χ0n) is 11.2. The van der Waals surface area contributed by atoms with Gasteiger partial charge in [-0.15, -0.1) is 0 Å². The molecule has 0 aliphatic carbocycles. The Bertz CT molecular complexity index is 537. The van der Waals surface area contributed by atoms with Crippen molar-refractivity contribution < 1.29 is 4.79 Å². The van der Waals surface area contributed by atoms with Gasteiger partial charge in [-0.2, -0.15) is 0 Å². The molecule has 2 nitrogen and oxygen atoms in total. The zero-order chi connectivity index (χ0) is 13.8. The number of amides is 1. The van der Waals surface area contributed by atoms with Gasteiger partial charge in [0.1, 0.15) is 4.32 Å². The summed E-state index contributed by atoms with van der Waals surface area (Å²) in [6.07, 6.45) is 3.98. The van der Waals surface area contributed by atoms with Gasteiger partial charge in [0, 0.05) is 6.54 Å². The fourth-order valence-electron chi connectivity index (χ4n) is 1.92. The third kappa shape index (κ3) is 3.45. The molecule has 100 valence electrons. The number of rotatable bonds is 4. The minimum atomic E-state index is 0.0463. The van der Waals surface area contributed by atoms with Gasteiger partial charge in [0.25, 0.3) is 5.91 Å². The fourth-order valence-corrected chi connectivity index (χ4v) is 3.23. The highest BCUT2D eigenvalue weighted by Gasteiger charge is 2.31. The monoisotopic (exact) mass is 291 g/mol. The molecular weight excluding hydrogens is 274 g/mol. The Labute approximate surface area is 123 Å². The average Bonchev–Trinajstić information content (AvgIpc) is 2.62. The lowest BCUT2D eigenvalue weighted by molar-refractivity contribution is -0.122. The van der Waals surface area contributed by atoms with Gasteiger partial charge in [-0.3, -0.25) is 9.69 Å². The highest BCUT2D eigenvalue weighted by Crippen LogP contribution is 2.32. The van der Waals surface area contributed by atoms with E-state index in [1.165, 1.54) is 17.3 Å². The molecule has 4 heteroatoms. The maximum atomic E-state index is 12.3. The van der Waals surface area contributed by atoms with Crippen molar-refractivity contribution in [2.45, 2.75) is 26.7 Å². The zero-order valence-corrected chi connectivity index (χ0v) is 12.8. The standard InChI is InChI=1S/C15H17NOS2/c1-3-4-8-16-14(17)13(19-15(16)18)10-12-7-5-6-11(2)9-12/h5-7,9-10H,3-4,8H2,1-2H3/b13-10+. The molecule has 1 aliphatic heterocycles. The molecule has 0 bridgehead atoms. The van der Waals surface area contributed by atoms with E-state index in [0.717, 1.165) is 29.9 Å². The number of benzene rings is 1. The first kappa shape index (κ1) is 14.3. The van der Waals surface area contributed by atoms with Gasteiger partial charge < -0.3 is 0 Å². The van der Waals surface area contributed by atoms with Crippen LogP contribution in [0.2, 0.25) is 0 Å². The van der Waals surface area contributed by atoms with Gasteiger partial charge in [-0.25, -0.2) is 0 Å². The first-order chi connectivity index (χ1) is 9.11. The summed E-state index contributed by atoms with van der Waals surface area (Å²) in [7, 11) is 0. The predicted octanol–water partition coefficient (Wildman–Crippen LogP) is 4.00. The van der Waals surface area contributed by atoms with Gasteiger partial charge in [-0.1, -0.05) is 67.2 Å². The number of nitrogens with zero attached hydrogens (tertiary/aromatic N) is 1. The van der Waals surface area contributed by atoms with Gasteiger partial charge >= 0.3 is 0 Å². The third-order valence-corrected chi connectivity index (χ3v) is 4.33. The second kappa shape index (κ2) is 6.35. The summed E-state index contributed by atoms with van der Waals surface area (Å²) in [6.45, 7) is 4.89. The Morgan fingerprint density at radius 2 is 2.21 bits per heavy atom. The lowest BCUT2D eigenvalue weighted by Gasteiger charge is -2.12. The topological polar surface area (TPSA) is 20.3 Å². The third-order valence-electron chi connectivity index (χ3n) is 2.95. The first-order valence-corrected chi connectivity index (χ1v) is 7.66. The predicted molar refractivity (Wildman–Crippen MR) is 86.0 cm³/mol. The minimum absolute atomic E-state index is 0.0463. The van der Waals surface area contributed by atoms with Crippen molar-refractivity contribution in [3.05, 3.63) is 40.3 Å². The normalized spacial score (nSPS) is 17.6. The number of unbranched alkanes of at least 4 members (excludes halogenated alkanes) is 1. The first-order valence-electron chi connectivity index (χ1n) is 6.44. The molecule has 1 amide bonds. The summed E-state index contributed by atoms with van der Waals surface area (Å²) in [5, 5.41) is 0. The van der Waals surface area contributed by atoms with Gasteiger partial charge in [0.15, 0.2) is 0 Å². The molecule has 19 heavy (non-hydrogen) atoms. The summed E-state index contributed by atoms with van der Waals surface area (Å²) in [6, 6.07) is 8.12. The molecule has 1 aliphatic rings. The van der Waals surface area contributed by atoms with Crippen LogP contribution in [0.1, 0.15) is 30.9 Å². The average molecular weight is 291 g/mol. The van der Waals surface area contributed by atoms with Crippen LogP contribution in [0.25, 0.3) is 6.08 Å². The smallest absolute Gasteiger partial charge is 0.266 e. The van der Waals surface area contributed by atoms with E-state index < -0.39 is 0 Å².